The fourth-order valence-electron chi connectivity index (χ4n) is 1.58. The highest BCUT2D eigenvalue weighted by Gasteiger charge is 2.54. The summed E-state index contributed by atoms with van der Waals surface area (Å²) in [6.45, 7) is 3.40. The summed E-state index contributed by atoms with van der Waals surface area (Å²) < 4.78 is 10.5. The van der Waals surface area contributed by atoms with Crippen molar-refractivity contribution < 1.29 is 19.1 Å². The molecule has 0 unspecified atom stereocenters. The number of rotatable bonds is 2. The van der Waals surface area contributed by atoms with Crippen molar-refractivity contribution in [1.82, 2.24) is 0 Å². The number of hydrogen-bond acceptors (Lipinski definition) is 4. The molecule has 1 heterocycles. The summed E-state index contributed by atoms with van der Waals surface area (Å²) in [7, 11) is 1.25. The van der Waals surface area contributed by atoms with Crippen LogP contribution in [0.3, 0.4) is 0 Å². The van der Waals surface area contributed by atoms with E-state index in [2.05, 4.69) is 32.5 Å². The van der Waals surface area contributed by atoms with Gasteiger partial charge in [-0.2, -0.15) is 0 Å². The molecule has 0 aromatic rings. The van der Waals surface area contributed by atoms with Gasteiger partial charge in [-0.15, -0.1) is 11.8 Å². The van der Waals surface area contributed by atoms with Crippen LogP contribution < -0.4 is 0 Å². The Bertz CT molecular complexity index is 437. The molecule has 0 aromatic heterocycles. The Labute approximate surface area is 108 Å². The van der Waals surface area contributed by atoms with E-state index in [1.54, 1.807) is 13.8 Å². The lowest BCUT2D eigenvalue weighted by atomic mass is 9.82. The molecule has 0 N–H and O–H groups in total. The first-order valence-electron chi connectivity index (χ1n) is 5.03. The molecule has 17 heavy (non-hydrogen) atoms. The molecule has 0 amide bonds. The Hall–Kier alpha value is -1.28. The van der Waals surface area contributed by atoms with E-state index in [4.69, 9.17) is 4.74 Å². The van der Waals surface area contributed by atoms with Crippen LogP contribution in [0, 0.1) is 17.3 Å². The van der Waals surface area contributed by atoms with Gasteiger partial charge in [-0.1, -0.05) is 15.9 Å². The van der Waals surface area contributed by atoms with Crippen molar-refractivity contribution in [1.29, 1.82) is 0 Å². The van der Waals surface area contributed by atoms with Gasteiger partial charge in [-0.25, -0.2) is 0 Å². The molecule has 1 aliphatic heterocycles. The minimum atomic E-state index is -1.32. The highest BCUT2D eigenvalue weighted by atomic mass is 79.9. The zero-order valence-corrected chi connectivity index (χ0v) is 11.5. The van der Waals surface area contributed by atoms with Crippen molar-refractivity contribution in [2.24, 2.45) is 5.41 Å². The van der Waals surface area contributed by atoms with Crippen LogP contribution in [0.2, 0.25) is 0 Å². The van der Waals surface area contributed by atoms with Gasteiger partial charge < -0.3 is 9.47 Å². The van der Waals surface area contributed by atoms with Crippen molar-refractivity contribution in [2.75, 3.05) is 7.11 Å². The summed E-state index contributed by atoms with van der Waals surface area (Å²) in [5, 5.41) is 0. The predicted octanol–water partition coefficient (Wildman–Crippen LogP) is 2.13. The van der Waals surface area contributed by atoms with Crippen LogP contribution in [0.15, 0.2) is 10.2 Å². The van der Waals surface area contributed by atoms with Crippen LogP contribution >= 0.6 is 15.9 Å². The Kier molecular flexibility index (Phi) is 4.35. The van der Waals surface area contributed by atoms with Gasteiger partial charge in [0.05, 0.1) is 7.11 Å². The summed E-state index contributed by atoms with van der Waals surface area (Å²) in [6.07, 6.45) is 0.295. The number of ether oxygens (including phenoxy) is 2. The van der Waals surface area contributed by atoms with Gasteiger partial charge >= 0.3 is 11.9 Å². The molecule has 1 atom stereocenters. The lowest BCUT2D eigenvalue weighted by Gasteiger charge is -2.17. The lowest BCUT2D eigenvalue weighted by Crippen LogP contribution is -2.36. The second-order valence-electron chi connectivity index (χ2n) is 3.70. The van der Waals surface area contributed by atoms with E-state index >= 15 is 0 Å². The Morgan fingerprint density at radius 1 is 1.65 bits per heavy atom. The van der Waals surface area contributed by atoms with Crippen molar-refractivity contribution in [3.8, 4) is 11.8 Å². The van der Waals surface area contributed by atoms with Crippen LogP contribution in [0.5, 0.6) is 0 Å². The minimum Gasteiger partial charge on any atom is -0.468 e. The maximum absolute atomic E-state index is 11.9. The van der Waals surface area contributed by atoms with E-state index in [0.717, 1.165) is 0 Å². The molecule has 0 bridgehead atoms. The SMILES string of the molecule is CC#CC[C@]1(C(=O)OC)C/C(=C(/C)Br)OC1=O. The van der Waals surface area contributed by atoms with E-state index in [1.165, 1.54) is 7.11 Å². The number of cyclic esters (lactones) is 1. The van der Waals surface area contributed by atoms with Crippen molar-refractivity contribution >= 4 is 27.9 Å². The molecule has 1 fully saturated rings. The van der Waals surface area contributed by atoms with Crippen LogP contribution in [0.25, 0.3) is 0 Å². The largest absolute Gasteiger partial charge is 0.468 e. The van der Waals surface area contributed by atoms with E-state index in [9.17, 15) is 9.59 Å². The molecule has 5 heteroatoms. The number of esters is 2. The highest BCUT2D eigenvalue weighted by molar-refractivity contribution is 9.11. The maximum atomic E-state index is 11.9. The van der Waals surface area contributed by atoms with Crippen LogP contribution in [-0.2, 0) is 19.1 Å². The van der Waals surface area contributed by atoms with Gasteiger partial charge in [0.15, 0.2) is 5.41 Å². The van der Waals surface area contributed by atoms with Crippen molar-refractivity contribution in [2.45, 2.75) is 26.7 Å². The normalized spacial score (nSPS) is 25.8. The third-order valence-corrected chi connectivity index (χ3v) is 3.04. The third kappa shape index (κ3) is 2.52. The van der Waals surface area contributed by atoms with Crippen LogP contribution in [0.4, 0.5) is 0 Å². The third-order valence-electron chi connectivity index (χ3n) is 2.60. The van der Waals surface area contributed by atoms with E-state index in [-0.39, 0.29) is 12.8 Å². The molecular formula is C12H13BrO4. The first-order chi connectivity index (χ1) is 7.97. The monoisotopic (exact) mass is 300 g/mol. The molecule has 1 rings (SSSR count). The second kappa shape index (κ2) is 5.37. The van der Waals surface area contributed by atoms with Crippen molar-refractivity contribution in [3.05, 3.63) is 10.2 Å². The molecule has 0 aliphatic carbocycles. The molecule has 92 valence electrons. The molecule has 0 spiro atoms. The molecule has 0 saturated carbocycles. The lowest BCUT2D eigenvalue weighted by molar-refractivity contribution is -0.162. The molecule has 0 radical (unpaired) electrons. The van der Waals surface area contributed by atoms with Crippen LogP contribution in [-0.4, -0.2) is 19.0 Å². The zero-order valence-electron chi connectivity index (χ0n) is 9.93. The first-order valence-corrected chi connectivity index (χ1v) is 5.83. The summed E-state index contributed by atoms with van der Waals surface area (Å²) in [6, 6.07) is 0. The van der Waals surface area contributed by atoms with Gasteiger partial charge in [-0.3, -0.25) is 9.59 Å². The topological polar surface area (TPSA) is 52.6 Å². The maximum Gasteiger partial charge on any atom is 0.330 e. The number of hydrogen-bond donors (Lipinski definition) is 0. The summed E-state index contributed by atoms with van der Waals surface area (Å²) in [5.74, 6) is 4.67. The highest BCUT2D eigenvalue weighted by Crippen LogP contribution is 2.42. The van der Waals surface area contributed by atoms with Gasteiger partial charge in [0.1, 0.15) is 5.76 Å². The molecule has 4 nitrogen and oxygen atoms in total. The van der Waals surface area contributed by atoms with Gasteiger partial charge in [-0.05, 0) is 13.8 Å². The fourth-order valence-corrected chi connectivity index (χ4v) is 1.80. The Balaban J connectivity index is 3.15. The number of carbonyl (C=O) groups excluding carboxylic acids is 2. The average molecular weight is 301 g/mol. The number of methoxy groups -OCH3 is 1. The second-order valence-corrected chi connectivity index (χ2v) is 4.89. The number of halogens is 1. The summed E-state index contributed by atoms with van der Waals surface area (Å²) in [4.78, 5) is 23.7. The fraction of sp³-hybridized carbons (Fsp3) is 0.500. The smallest absolute Gasteiger partial charge is 0.330 e. The standard InChI is InChI=1S/C12H13BrO4/c1-4-5-6-12(10(14)16-3)7-9(8(2)13)17-11(12)15/h6-7H2,1-3H3/b9-8+/t12-/m1/s1. The Morgan fingerprint density at radius 3 is 2.71 bits per heavy atom. The molecular weight excluding hydrogens is 288 g/mol. The average Bonchev–Trinajstić information content (AvgIpc) is 2.64. The minimum absolute atomic E-state index is 0.110. The van der Waals surface area contributed by atoms with E-state index < -0.39 is 17.4 Å². The predicted molar refractivity (Wildman–Crippen MR) is 64.9 cm³/mol. The van der Waals surface area contributed by atoms with Gasteiger partial charge in [0.25, 0.3) is 0 Å². The molecule has 0 aromatic carbocycles. The Morgan fingerprint density at radius 2 is 2.29 bits per heavy atom. The first kappa shape index (κ1) is 13.8. The quantitative estimate of drug-likeness (QED) is 0.445. The molecule has 1 saturated heterocycles. The molecule has 1 aliphatic rings. The van der Waals surface area contributed by atoms with E-state index in [1.807, 2.05) is 0 Å². The van der Waals surface area contributed by atoms with Gasteiger partial charge in [0, 0.05) is 17.3 Å². The zero-order chi connectivity index (χ0) is 13.1. The number of carbonyl (C=O) groups is 2. The number of allylic oxidation sites excluding steroid dienone is 2. The summed E-state index contributed by atoms with van der Waals surface area (Å²) >= 11 is 3.23. The summed E-state index contributed by atoms with van der Waals surface area (Å²) in [5.41, 5.74) is -1.32. The van der Waals surface area contributed by atoms with Crippen molar-refractivity contribution in [3.63, 3.8) is 0 Å². The van der Waals surface area contributed by atoms with E-state index in [0.29, 0.717) is 10.2 Å². The van der Waals surface area contributed by atoms with Crippen LogP contribution in [0.1, 0.15) is 26.7 Å². The van der Waals surface area contributed by atoms with Gasteiger partial charge in [0.2, 0.25) is 0 Å².